The van der Waals surface area contributed by atoms with E-state index in [2.05, 4.69) is 5.32 Å². The number of benzene rings is 2. The minimum Gasteiger partial charge on any atom is -0.451 e. The van der Waals surface area contributed by atoms with Crippen molar-refractivity contribution in [3.63, 3.8) is 0 Å². The molecule has 0 saturated carbocycles. The monoisotopic (exact) mass is 319 g/mol. The Balaban J connectivity index is 2.07. The van der Waals surface area contributed by atoms with Gasteiger partial charge in [0.1, 0.15) is 5.58 Å². The Hall–Kier alpha value is -2.76. The van der Waals surface area contributed by atoms with E-state index in [-0.39, 0.29) is 11.0 Å². The Bertz CT molecular complexity index is 929. The normalized spacial score (nSPS) is 11.7. The van der Waals surface area contributed by atoms with Gasteiger partial charge in [0.15, 0.2) is 5.43 Å². The summed E-state index contributed by atoms with van der Waals surface area (Å²) in [5.74, 6) is -1.30. The van der Waals surface area contributed by atoms with Crippen molar-refractivity contribution in [1.29, 1.82) is 0 Å². The van der Waals surface area contributed by atoms with Gasteiger partial charge in [0.2, 0.25) is 5.76 Å². The largest absolute Gasteiger partial charge is 0.451 e. The molecule has 0 saturated heterocycles. The van der Waals surface area contributed by atoms with Gasteiger partial charge in [-0.05, 0) is 30.7 Å². The first kappa shape index (κ1) is 15.1. The zero-order chi connectivity index (χ0) is 16.6. The van der Waals surface area contributed by atoms with E-state index in [9.17, 15) is 18.0 Å². The van der Waals surface area contributed by atoms with Crippen LogP contribution in [0, 0.1) is 6.92 Å². The van der Waals surface area contributed by atoms with Gasteiger partial charge in [-0.3, -0.25) is 4.79 Å². The molecule has 1 heterocycles. The van der Waals surface area contributed by atoms with E-state index in [1.807, 2.05) is 31.2 Å². The van der Waals surface area contributed by atoms with Crippen molar-refractivity contribution in [2.45, 2.75) is 13.1 Å². The average Bonchev–Trinajstić information content (AvgIpc) is 2.48. The summed E-state index contributed by atoms with van der Waals surface area (Å²) < 4.78 is 43.1. The van der Waals surface area contributed by atoms with E-state index >= 15 is 0 Å². The van der Waals surface area contributed by atoms with Crippen LogP contribution in [0.15, 0.2) is 57.7 Å². The molecule has 3 aromatic rings. The second kappa shape index (κ2) is 5.46. The summed E-state index contributed by atoms with van der Waals surface area (Å²) in [5, 5.41) is 3.20. The van der Waals surface area contributed by atoms with Crippen LogP contribution in [-0.4, -0.2) is 0 Å². The minimum atomic E-state index is -4.70. The Morgan fingerprint density at radius 2 is 1.78 bits per heavy atom. The molecule has 1 aromatic heterocycles. The standard InChI is InChI=1S/C17H12F3NO2/c1-10-4-2-3-5-13(10)21-11-6-7-12-14(22)9-16(17(18,19)20)23-15(12)8-11/h2-9,21H,1H3. The molecule has 0 radical (unpaired) electrons. The predicted molar refractivity (Wildman–Crippen MR) is 81.9 cm³/mol. The number of hydrogen-bond acceptors (Lipinski definition) is 3. The molecule has 2 aromatic carbocycles. The molecule has 6 heteroatoms. The van der Waals surface area contributed by atoms with Crippen molar-refractivity contribution in [2.75, 3.05) is 5.32 Å². The van der Waals surface area contributed by atoms with E-state index in [1.54, 1.807) is 6.07 Å². The highest BCUT2D eigenvalue weighted by atomic mass is 19.4. The fourth-order valence-electron chi connectivity index (χ4n) is 2.24. The van der Waals surface area contributed by atoms with Gasteiger partial charge in [-0.15, -0.1) is 0 Å². The summed E-state index contributed by atoms with van der Waals surface area (Å²) in [6.45, 7) is 1.91. The number of anilines is 2. The number of hydrogen-bond donors (Lipinski definition) is 1. The molecule has 3 rings (SSSR count). The molecule has 0 spiro atoms. The van der Waals surface area contributed by atoms with Gasteiger partial charge in [-0.1, -0.05) is 18.2 Å². The lowest BCUT2D eigenvalue weighted by molar-refractivity contribution is -0.152. The summed E-state index contributed by atoms with van der Waals surface area (Å²) >= 11 is 0. The molecule has 0 aliphatic carbocycles. The highest BCUT2D eigenvalue weighted by Gasteiger charge is 2.34. The van der Waals surface area contributed by atoms with Crippen molar-refractivity contribution < 1.29 is 17.6 Å². The molecule has 0 fully saturated rings. The van der Waals surface area contributed by atoms with Crippen molar-refractivity contribution in [1.82, 2.24) is 0 Å². The van der Waals surface area contributed by atoms with Crippen molar-refractivity contribution in [3.8, 4) is 0 Å². The van der Waals surface area contributed by atoms with Crippen molar-refractivity contribution >= 4 is 22.3 Å². The number of nitrogens with one attached hydrogen (secondary N) is 1. The number of rotatable bonds is 2. The lowest BCUT2D eigenvalue weighted by atomic mass is 10.1. The van der Waals surface area contributed by atoms with E-state index < -0.39 is 17.4 Å². The van der Waals surface area contributed by atoms with E-state index in [0.29, 0.717) is 11.8 Å². The van der Waals surface area contributed by atoms with Gasteiger partial charge < -0.3 is 9.73 Å². The summed E-state index contributed by atoms with van der Waals surface area (Å²) in [4.78, 5) is 11.8. The first-order valence-electron chi connectivity index (χ1n) is 6.82. The third-order valence-electron chi connectivity index (χ3n) is 3.43. The number of para-hydroxylation sites is 1. The van der Waals surface area contributed by atoms with E-state index in [4.69, 9.17) is 4.42 Å². The van der Waals surface area contributed by atoms with E-state index in [1.165, 1.54) is 12.1 Å². The van der Waals surface area contributed by atoms with Crippen LogP contribution in [0.2, 0.25) is 0 Å². The first-order chi connectivity index (χ1) is 10.8. The lowest BCUT2D eigenvalue weighted by Gasteiger charge is -2.11. The number of halogens is 3. The summed E-state index contributed by atoms with van der Waals surface area (Å²) in [7, 11) is 0. The molecular weight excluding hydrogens is 307 g/mol. The maximum absolute atomic E-state index is 12.7. The first-order valence-corrected chi connectivity index (χ1v) is 6.82. The number of fused-ring (bicyclic) bond motifs is 1. The second-order valence-corrected chi connectivity index (χ2v) is 5.12. The number of aryl methyl sites for hydroxylation is 1. The summed E-state index contributed by atoms with van der Waals surface area (Å²) in [6, 6.07) is 12.4. The molecule has 0 atom stereocenters. The topological polar surface area (TPSA) is 42.2 Å². The molecule has 3 nitrogen and oxygen atoms in total. The third-order valence-corrected chi connectivity index (χ3v) is 3.43. The minimum absolute atomic E-state index is 0.105. The molecule has 0 bridgehead atoms. The van der Waals surface area contributed by atoms with Gasteiger partial charge in [0.05, 0.1) is 5.39 Å². The molecule has 0 aliphatic rings. The lowest BCUT2D eigenvalue weighted by Crippen LogP contribution is -2.10. The molecule has 1 N–H and O–H groups in total. The molecule has 0 unspecified atom stereocenters. The van der Waals surface area contributed by atoms with E-state index in [0.717, 1.165) is 11.3 Å². The van der Waals surface area contributed by atoms with Gasteiger partial charge in [-0.2, -0.15) is 13.2 Å². The van der Waals surface area contributed by atoms with Crippen LogP contribution in [0.3, 0.4) is 0 Å². The Kier molecular flexibility index (Phi) is 3.60. The Morgan fingerprint density at radius 1 is 1.04 bits per heavy atom. The van der Waals surface area contributed by atoms with Crippen LogP contribution in [0.4, 0.5) is 24.5 Å². The maximum Gasteiger partial charge on any atom is 0.449 e. The molecule has 0 aliphatic heterocycles. The van der Waals surface area contributed by atoms with Gasteiger partial charge in [-0.25, -0.2) is 0 Å². The maximum atomic E-state index is 12.7. The zero-order valence-electron chi connectivity index (χ0n) is 12.1. The van der Waals surface area contributed by atoms with Crippen molar-refractivity contribution in [2.24, 2.45) is 0 Å². The fraction of sp³-hybridized carbons (Fsp3) is 0.118. The van der Waals surface area contributed by atoms with Crippen LogP contribution >= 0.6 is 0 Å². The van der Waals surface area contributed by atoms with Crippen LogP contribution < -0.4 is 10.7 Å². The Morgan fingerprint density at radius 3 is 2.48 bits per heavy atom. The zero-order valence-corrected chi connectivity index (χ0v) is 12.1. The Labute approximate surface area is 129 Å². The van der Waals surface area contributed by atoms with Crippen LogP contribution in [0.5, 0.6) is 0 Å². The number of alkyl halides is 3. The van der Waals surface area contributed by atoms with Gasteiger partial charge in [0.25, 0.3) is 0 Å². The smallest absolute Gasteiger partial charge is 0.449 e. The third kappa shape index (κ3) is 3.06. The quantitative estimate of drug-likeness (QED) is 0.733. The van der Waals surface area contributed by atoms with Crippen LogP contribution in [-0.2, 0) is 6.18 Å². The summed E-state index contributed by atoms with van der Waals surface area (Å²) in [6.07, 6.45) is -4.70. The van der Waals surface area contributed by atoms with Crippen LogP contribution in [0.25, 0.3) is 11.0 Å². The predicted octanol–water partition coefficient (Wildman–Crippen LogP) is 4.86. The molecular formula is C17H12F3NO2. The second-order valence-electron chi connectivity index (χ2n) is 5.12. The van der Waals surface area contributed by atoms with Gasteiger partial charge in [0, 0.05) is 23.5 Å². The fourth-order valence-corrected chi connectivity index (χ4v) is 2.24. The average molecular weight is 319 g/mol. The molecule has 0 amide bonds. The highest BCUT2D eigenvalue weighted by molar-refractivity contribution is 5.81. The molecule has 23 heavy (non-hydrogen) atoms. The SMILES string of the molecule is Cc1ccccc1Nc1ccc2c(=O)cc(C(F)(F)F)oc2c1. The van der Waals surface area contributed by atoms with Gasteiger partial charge >= 0.3 is 6.18 Å². The highest BCUT2D eigenvalue weighted by Crippen LogP contribution is 2.31. The van der Waals surface area contributed by atoms with Crippen LogP contribution in [0.1, 0.15) is 11.3 Å². The molecule has 118 valence electrons. The summed E-state index contributed by atoms with van der Waals surface area (Å²) in [5.41, 5.74) is 1.51. The van der Waals surface area contributed by atoms with Crippen molar-refractivity contribution in [3.05, 3.63) is 70.1 Å².